The minimum atomic E-state index is -0.223. The Bertz CT molecular complexity index is 705. The normalized spacial score (nSPS) is 19.3. The van der Waals surface area contributed by atoms with E-state index in [0.29, 0.717) is 5.92 Å². The summed E-state index contributed by atoms with van der Waals surface area (Å²) in [6.45, 7) is 1.88. The van der Waals surface area contributed by atoms with Crippen LogP contribution >= 0.6 is 23.1 Å². The number of para-hydroxylation sites is 1. The first-order valence-electron chi connectivity index (χ1n) is 7.72. The number of aromatic nitrogens is 1. The number of hydrazone groups is 1. The summed E-state index contributed by atoms with van der Waals surface area (Å²) < 4.78 is 2.06. The molecule has 0 radical (unpaired) electrons. The predicted octanol–water partition coefficient (Wildman–Crippen LogP) is 4.24. The summed E-state index contributed by atoms with van der Waals surface area (Å²) in [6.07, 6.45) is 9.43. The minimum absolute atomic E-state index is 0.0862. The van der Waals surface area contributed by atoms with Gasteiger partial charge < -0.3 is 0 Å². The number of amides is 1. The molecule has 2 atom stereocenters. The lowest BCUT2D eigenvalue weighted by molar-refractivity contribution is -0.120. The summed E-state index contributed by atoms with van der Waals surface area (Å²) in [7, 11) is 0. The molecule has 0 spiro atoms. The minimum Gasteiger partial charge on any atom is -0.272 e. The van der Waals surface area contributed by atoms with Crippen LogP contribution in [0, 0.1) is 5.92 Å². The van der Waals surface area contributed by atoms with Crippen molar-refractivity contribution in [1.29, 1.82) is 0 Å². The molecule has 0 fully saturated rings. The number of fused-ring (bicyclic) bond motifs is 1. The molecule has 0 saturated heterocycles. The average molecular weight is 345 g/mol. The van der Waals surface area contributed by atoms with Gasteiger partial charge in [0.25, 0.3) is 5.91 Å². The molecule has 2 aromatic rings. The van der Waals surface area contributed by atoms with Crippen LogP contribution in [0.25, 0.3) is 10.2 Å². The van der Waals surface area contributed by atoms with Crippen LogP contribution in [-0.4, -0.2) is 22.4 Å². The Morgan fingerprint density at radius 2 is 2.35 bits per heavy atom. The van der Waals surface area contributed by atoms with Gasteiger partial charge in [-0.1, -0.05) is 36.0 Å². The molecule has 1 aliphatic rings. The lowest BCUT2D eigenvalue weighted by Crippen LogP contribution is -2.27. The van der Waals surface area contributed by atoms with E-state index in [0.717, 1.165) is 33.8 Å². The number of carbonyl (C=O) groups excluding carboxylic acids is 1. The van der Waals surface area contributed by atoms with E-state index in [1.807, 2.05) is 37.4 Å². The van der Waals surface area contributed by atoms with Gasteiger partial charge in [-0.05, 0) is 44.2 Å². The Morgan fingerprint density at radius 3 is 3.13 bits per heavy atom. The third kappa shape index (κ3) is 4.42. The van der Waals surface area contributed by atoms with E-state index in [1.165, 1.54) is 11.8 Å². The first kappa shape index (κ1) is 16.2. The van der Waals surface area contributed by atoms with Crippen LogP contribution in [0.2, 0.25) is 0 Å². The molecule has 0 bridgehead atoms. The predicted molar refractivity (Wildman–Crippen MR) is 98.1 cm³/mol. The van der Waals surface area contributed by atoms with E-state index >= 15 is 0 Å². The molecular weight excluding hydrogens is 326 g/mol. The van der Waals surface area contributed by atoms with Crippen molar-refractivity contribution in [1.82, 2.24) is 10.4 Å². The number of thiazole rings is 1. The van der Waals surface area contributed by atoms with Crippen molar-refractivity contribution in [2.75, 3.05) is 0 Å². The molecule has 3 rings (SSSR count). The standard InChI is InChI=1S/C17H19N3OS2/c1-12(16(21)20-18-11-13-7-3-2-4-8-13)22-17-19-14-9-5-6-10-15(14)23-17/h2-3,5-6,9-13H,4,7-8H2,1H3,(H,20,21)/b18-11+/t12-,13+/m0/s1. The highest BCUT2D eigenvalue weighted by Gasteiger charge is 2.16. The van der Waals surface area contributed by atoms with Gasteiger partial charge in [0.05, 0.1) is 15.5 Å². The summed E-state index contributed by atoms with van der Waals surface area (Å²) in [5, 5.41) is 3.89. The summed E-state index contributed by atoms with van der Waals surface area (Å²) in [4.78, 5) is 16.7. The highest BCUT2D eigenvalue weighted by molar-refractivity contribution is 8.02. The largest absolute Gasteiger partial charge is 0.272 e. The molecule has 6 heteroatoms. The van der Waals surface area contributed by atoms with Crippen molar-refractivity contribution >= 4 is 45.4 Å². The molecule has 120 valence electrons. The van der Waals surface area contributed by atoms with Crippen LogP contribution in [-0.2, 0) is 4.79 Å². The number of hydrogen-bond acceptors (Lipinski definition) is 5. The zero-order chi connectivity index (χ0) is 16.1. The van der Waals surface area contributed by atoms with Gasteiger partial charge in [-0.3, -0.25) is 4.79 Å². The molecule has 0 saturated carbocycles. The van der Waals surface area contributed by atoms with Crippen molar-refractivity contribution in [3.8, 4) is 0 Å². The van der Waals surface area contributed by atoms with Crippen LogP contribution in [0.4, 0.5) is 0 Å². The summed E-state index contributed by atoms with van der Waals surface area (Å²) in [5.41, 5.74) is 3.63. The Labute approximate surface area is 144 Å². The fraction of sp³-hybridized carbons (Fsp3) is 0.353. The molecule has 1 amide bonds. The van der Waals surface area contributed by atoms with E-state index in [9.17, 15) is 4.79 Å². The SMILES string of the molecule is C[C@H](Sc1nc2ccccc2s1)C(=O)N/N=C/[C@@H]1CC=CCC1. The molecule has 23 heavy (non-hydrogen) atoms. The van der Waals surface area contributed by atoms with Crippen LogP contribution in [0.1, 0.15) is 26.2 Å². The van der Waals surface area contributed by atoms with Gasteiger partial charge in [0.2, 0.25) is 0 Å². The zero-order valence-corrected chi connectivity index (χ0v) is 14.6. The quantitative estimate of drug-likeness (QED) is 0.382. The van der Waals surface area contributed by atoms with Gasteiger partial charge in [-0.2, -0.15) is 5.10 Å². The number of nitrogens with one attached hydrogen (secondary N) is 1. The van der Waals surface area contributed by atoms with E-state index in [-0.39, 0.29) is 11.2 Å². The number of allylic oxidation sites excluding steroid dienone is 2. The highest BCUT2D eigenvalue weighted by atomic mass is 32.2. The smallest absolute Gasteiger partial charge is 0.253 e. The van der Waals surface area contributed by atoms with E-state index in [4.69, 9.17) is 0 Å². The molecule has 1 aromatic carbocycles. The second-order valence-corrected chi connectivity index (χ2v) is 8.12. The number of nitrogens with zero attached hydrogens (tertiary/aromatic N) is 2. The molecule has 0 aliphatic heterocycles. The molecule has 4 nitrogen and oxygen atoms in total. The monoisotopic (exact) mass is 345 g/mol. The maximum absolute atomic E-state index is 12.1. The van der Waals surface area contributed by atoms with Crippen LogP contribution in [0.5, 0.6) is 0 Å². The van der Waals surface area contributed by atoms with Crippen molar-refractivity contribution in [3.05, 3.63) is 36.4 Å². The van der Waals surface area contributed by atoms with Gasteiger partial charge in [0, 0.05) is 6.21 Å². The van der Waals surface area contributed by atoms with Crippen molar-refractivity contribution in [3.63, 3.8) is 0 Å². The summed E-state index contributed by atoms with van der Waals surface area (Å²) in [5.74, 6) is 0.351. The van der Waals surface area contributed by atoms with Crippen LogP contribution in [0.3, 0.4) is 0 Å². The first-order valence-corrected chi connectivity index (χ1v) is 9.42. The molecule has 1 heterocycles. The topological polar surface area (TPSA) is 54.4 Å². The summed E-state index contributed by atoms with van der Waals surface area (Å²) in [6, 6.07) is 8.01. The van der Waals surface area contributed by atoms with Crippen molar-refractivity contribution in [2.45, 2.75) is 35.8 Å². The maximum Gasteiger partial charge on any atom is 0.253 e. The second kappa shape index (κ2) is 7.75. The van der Waals surface area contributed by atoms with Crippen LogP contribution in [0.15, 0.2) is 45.9 Å². The number of carbonyl (C=O) groups is 1. The Morgan fingerprint density at radius 1 is 1.48 bits per heavy atom. The van der Waals surface area contributed by atoms with Gasteiger partial charge in [-0.15, -0.1) is 11.3 Å². The van der Waals surface area contributed by atoms with Gasteiger partial charge in [-0.25, -0.2) is 10.4 Å². The lowest BCUT2D eigenvalue weighted by Gasteiger charge is -2.12. The number of thioether (sulfide) groups is 1. The Balaban J connectivity index is 1.52. The van der Waals surface area contributed by atoms with Crippen molar-refractivity contribution < 1.29 is 4.79 Å². The third-order valence-corrected chi connectivity index (χ3v) is 5.92. The highest BCUT2D eigenvalue weighted by Crippen LogP contribution is 2.31. The van der Waals surface area contributed by atoms with E-state index in [1.54, 1.807) is 11.3 Å². The summed E-state index contributed by atoms with van der Waals surface area (Å²) >= 11 is 3.09. The average Bonchev–Trinajstić information content (AvgIpc) is 2.98. The molecular formula is C17H19N3OS2. The molecule has 0 unspecified atom stereocenters. The Hall–Kier alpha value is -1.66. The van der Waals surface area contributed by atoms with Crippen LogP contribution < -0.4 is 5.43 Å². The number of rotatable bonds is 5. The lowest BCUT2D eigenvalue weighted by atomic mass is 9.96. The second-order valence-electron chi connectivity index (χ2n) is 5.51. The number of hydrogen-bond donors (Lipinski definition) is 1. The fourth-order valence-corrected chi connectivity index (χ4v) is 4.56. The number of benzene rings is 1. The molecule has 1 aliphatic carbocycles. The zero-order valence-electron chi connectivity index (χ0n) is 12.9. The Kier molecular flexibility index (Phi) is 5.46. The van der Waals surface area contributed by atoms with Gasteiger partial charge in [0.1, 0.15) is 0 Å². The van der Waals surface area contributed by atoms with E-state index < -0.39 is 0 Å². The van der Waals surface area contributed by atoms with E-state index in [2.05, 4.69) is 27.7 Å². The molecule has 1 N–H and O–H groups in total. The maximum atomic E-state index is 12.1. The molecule has 1 aromatic heterocycles. The first-order chi connectivity index (χ1) is 11.2. The van der Waals surface area contributed by atoms with Gasteiger partial charge >= 0.3 is 0 Å². The van der Waals surface area contributed by atoms with Crippen molar-refractivity contribution in [2.24, 2.45) is 11.0 Å². The third-order valence-electron chi connectivity index (χ3n) is 3.69. The van der Waals surface area contributed by atoms with Gasteiger partial charge in [0.15, 0.2) is 4.34 Å². The fourth-order valence-electron chi connectivity index (χ4n) is 2.36.